The third-order valence-corrected chi connectivity index (χ3v) is 13.9. The van der Waals surface area contributed by atoms with Crippen molar-refractivity contribution in [3.05, 3.63) is 191 Å². The van der Waals surface area contributed by atoms with Gasteiger partial charge in [0, 0.05) is 43.7 Å². The molecule has 278 valence electrons. The first-order chi connectivity index (χ1) is 28.1. The fraction of sp³-hybridized carbons (Fsp3) is 0.143. The van der Waals surface area contributed by atoms with Crippen molar-refractivity contribution < 1.29 is 0 Å². The van der Waals surface area contributed by atoms with Gasteiger partial charge in [0.1, 0.15) is 0 Å². The van der Waals surface area contributed by atoms with Gasteiger partial charge in [0.25, 0.3) is 0 Å². The highest BCUT2D eigenvalue weighted by Crippen LogP contribution is 2.53. The fourth-order valence-corrected chi connectivity index (χ4v) is 11.0. The van der Waals surface area contributed by atoms with Gasteiger partial charge in [-0.15, -0.1) is 0 Å². The Balaban J connectivity index is 1.15. The van der Waals surface area contributed by atoms with Crippen molar-refractivity contribution in [1.29, 1.82) is 0 Å². The lowest BCUT2D eigenvalue weighted by Crippen LogP contribution is -2.14. The molecule has 8 aromatic carbocycles. The van der Waals surface area contributed by atoms with E-state index in [1.54, 1.807) is 0 Å². The molecular weight excluding hydrogens is 701 g/mol. The smallest absolute Gasteiger partial charge is 0.0544 e. The van der Waals surface area contributed by atoms with E-state index in [0.29, 0.717) is 0 Å². The van der Waals surface area contributed by atoms with Crippen LogP contribution in [-0.2, 0) is 10.8 Å². The van der Waals surface area contributed by atoms with E-state index in [2.05, 4.69) is 208 Å². The first kappa shape index (κ1) is 33.5. The molecule has 2 heteroatoms. The molecule has 0 saturated heterocycles. The molecule has 0 N–H and O–H groups in total. The van der Waals surface area contributed by atoms with Crippen LogP contribution in [0, 0.1) is 13.8 Å². The summed E-state index contributed by atoms with van der Waals surface area (Å²) in [6.07, 6.45) is 0. The summed E-state index contributed by atoms with van der Waals surface area (Å²) in [5.74, 6) is 0. The van der Waals surface area contributed by atoms with Crippen LogP contribution in [0.4, 0.5) is 0 Å². The van der Waals surface area contributed by atoms with Gasteiger partial charge in [-0.25, -0.2) is 0 Å². The van der Waals surface area contributed by atoms with Crippen LogP contribution in [0.25, 0.3) is 88.4 Å². The molecule has 2 aliphatic carbocycles. The van der Waals surface area contributed by atoms with Gasteiger partial charge >= 0.3 is 0 Å². The number of hydrogen-bond acceptors (Lipinski definition) is 0. The van der Waals surface area contributed by atoms with Gasteiger partial charge in [-0.05, 0) is 153 Å². The van der Waals surface area contributed by atoms with Crippen LogP contribution in [-0.4, -0.2) is 9.13 Å². The first-order valence-corrected chi connectivity index (χ1v) is 20.7. The Bertz CT molecular complexity index is 3160. The SMILES string of the molecule is Cc1cc2c(cc1-c1cc3c4cc5c(cc4n(-c4ccccc4)c3cc1C)C(C)(C)c1ccccc1-5)c1cc3c(cc1n2-c1ccccc1)C(C)(C)c1ccccc1-3. The second kappa shape index (κ2) is 11.5. The van der Waals surface area contributed by atoms with E-state index in [1.807, 2.05) is 0 Å². The Morgan fingerprint density at radius 1 is 0.310 bits per heavy atom. The molecule has 0 amide bonds. The minimum absolute atomic E-state index is 0.0808. The van der Waals surface area contributed by atoms with Crippen LogP contribution in [0.1, 0.15) is 61.1 Å². The van der Waals surface area contributed by atoms with Gasteiger partial charge in [-0.3, -0.25) is 0 Å². The van der Waals surface area contributed by atoms with Crippen molar-refractivity contribution in [1.82, 2.24) is 9.13 Å². The Labute approximate surface area is 339 Å². The van der Waals surface area contributed by atoms with Crippen molar-refractivity contribution in [2.24, 2.45) is 0 Å². The first-order valence-electron chi connectivity index (χ1n) is 20.7. The summed E-state index contributed by atoms with van der Waals surface area (Å²) in [7, 11) is 0. The monoisotopic (exact) mass is 744 g/mol. The average molecular weight is 745 g/mol. The van der Waals surface area contributed by atoms with Crippen molar-refractivity contribution in [3.8, 4) is 44.8 Å². The van der Waals surface area contributed by atoms with Crippen LogP contribution in [0.5, 0.6) is 0 Å². The van der Waals surface area contributed by atoms with Crippen molar-refractivity contribution in [2.75, 3.05) is 0 Å². The zero-order valence-electron chi connectivity index (χ0n) is 33.9. The summed E-state index contributed by atoms with van der Waals surface area (Å²) < 4.78 is 4.98. The summed E-state index contributed by atoms with van der Waals surface area (Å²) in [6, 6.07) is 59.6. The predicted octanol–water partition coefficient (Wildman–Crippen LogP) is 14.8. The van der Waals surface area contributed by atoms with Crippen molar-refractivity contribution in [3.63, 3.8) is 0 Å². The Morgan fingerprint density at radius 2 is 0.638 bits per heavy atom. The highest BCUT2D eigenvalue weighted by Gasteiger charge is 2.37. The summed E-state index contributed by atoms with van der Waals surface area (Å²) in [5.41, 5.74) is 23.3. The highest BCUT2D eigenvalue weighted by atomic mass is 15.0. The molecule has 0 radical (unpaired) electrons. The van der Waals surface area contributed by atoms with Gasteiger partial charge < -0.3 is 9.13 Å². The summed E-state index contributed by atoms with van der Waals surface area (Å²) in [6.45, 7) is 14.1. The molecule has 12 rings (SSSR count). The van der Waals surface area contributed by atoms with Gasteiger partial charge in [0.2, 0.25) is 0 Å². The number of para-hydroxylation sites is 2. The van der Waals surface area contributed by atoms with Crippen molar-refractivity contribution >= 4 is 43.6 Å². The van der Waals surface area contributed by atoms with E-state index >= 15 is 0 Å². The number of aromatic nitrogens is 2. The average Bonchev–Trinajstić information content (AvgIpc) is 3.87. The zero-order chi connectivity index (χ0) is 39.2. The van der Waals surface area contributed by atoms with E-state index in [1.165, 1.54) is 122 Å². The van der Waals surface area contributed by atoms with Gasteiger partial charge in [0.05, 0.1) is 22.1 Å². The molecule has 10 aromatic rings. The molecule has 58 heavy (non-hydrogen) atoms. The molecule has 0 unspecified atom stereocenters. The predicted molar refractivity (Wildman–Crippen MR) is 245 cm³/mol. The van der Waals surface area contributed by atoms with Crippen LogP contribution < -0.4 is 0 Å². The number of benzene rings is 8. The molecule has 2 aromatic heterocycles. The second-order valence-electron chi connectivity index (χ2n) is 17.9. The number of nitrogens with zero attached hydrogens (tertiary/aromatic N) is 2. The molecule has 0 atom stereocenters. The normalized spacial score (nSPS) is 14.7. The van der Waals surface area contributed by atoms with Gasteiger partial charge in [-0.2, -0.15) is 0 Å². The molecule has 0 bridgehead atoms. The molecule has 0 saturated carbocycles. The maximum absolute atomic E-state index is 2.49. The lowest BCUT2D eigenvalue weighted by molar-refractivity contribution is 0.661. The van der Waals surface area contributed by atoms with Crippen LogP contribution in [0.15, 0.2) is 158 Å². The maximum Gasteiger partial charge on any atom is 0.0544 e. The largest absolute Gasteiger partial charge is 0.309 e. The van der Waals surface area contributed by atoms with Crippen LogP contribution in [0.3, 0.4) is 0 Å². The lowest BCUT2D eigenvalue weighted by atomic mass is 9.82. The third-order valence-electron chi connectivity index (χ3n) is 13.9. The quantitative estimate of drug-likeness (QED) is 0.170. The fourth-order valence-electron chi connectivity index (χ4n) is 11.0. The zero-order valence-corrected chi connectivity index (χ0v) is 33.9. The van der Waals surface area contributed by atoms with E-state index in [0.717, 1.165) is 0 Å². The summed E-state index contributed by atoms with van der Waals surface area (Å²) >= 11 is 0. The standard InChI is InChI=1S/C56H44N2/c1-33-25-51-43(45-29-41-37-21-13-15-23-47(37)55(3,4)49(41)31-53(45)57(51)35-17-9-7-10-18-35)27-39(33)40-28-44-46-30-42-38-22-14-16-24-48(38)56(5,6)50(42)32-54(46)58(52(44)26-34(40)2)36-19-11-8-12-20-36/h7-32H,1-6H3. The highest BCUT2D eigenvalue weighted by molar-refractivity contribution is 6.15. The minimum Gasteiger partial charge on any atom is -0.309 e. The van der Waals surface area contributed by atoms with E-state index in [-0.39, 0.29) is 10.8 Å². The number of aryl methyl sites for hydroxylation is 2. The summed E-state index contributed by atoms with van der Waals surface area (Å²) in [4.78, 5) is 0. The Morgan fingerprint density at radius 3 is 1.03 bits per heavy atom. The Kier molecular flexibility index (Phi) is 6.63. The molecule has 0 fully saturated rings. The molecule has 2 heterocycles. The summed E-state index contributed by atoms with van der Waals surface area (Å²) in [5, 5.41) is 5.16. The molecule has 2 aliphatic rings. The van der Waals surface area contributed by atoms with Crippen LogP contribution >= 0.6 is 0 Å². The van der Waals surface area contributed by atoms with Crippen molar-refractivity contribution in [2.45, 2.75) is 52.4 Å². The second-order valence-corrected chi connectivity index (χ2v) is 17.9. The number of hydrogen-bond donors (Lipinski definition) is 0. The van der Waals surface area contributed by atoms with Crippen LogP contribution in [0.2, 0.25) is 0 Å². The van der Waals surface area contributed by atoms with E-state index in [9.17, 15) is 0 Å². The molecule has 2 nitrogen and oxygen atoms in total. The molecule has 0 spiro atoms. The lowest BCUT2D eigenvalue weighted by Gasteiger charge is -2.21. The van der Waals surface area contributed by atoms with E-state index < -0.39 is 0 Å². The van der Waals surface area contributed by atoms with Gasteiger partial charge in [0.15, 0.2) is 0 Å². The minimum atomic E-state index is -0.0808. The Hall–Kier alpha value is -6.64. The maximum atomic E-state index is 2.49. The number of rotatable bonds is 3. The third kappa shape index (κ3) is 4.33. The van der Waals surface area contributed by atoms with Gasteiger partial charge in [-0.1, -0.05) is 113 Å². The molecule has 0 aliphatic heterocycles. The van der Waals surface area contributed by atoms with E-state index in [4.69, 9.17) is 0 Å². The molecular formula is C56H44N2. The topological polar surface area (TPSA) is 9.86 Å². The number of fused-ring (bicyclic) bond motifs is 12.